The number of nitrogen functional groups attached to an aromatic ring is 1. The minimum Gasteiger partial charge on any atom is -0.566 e. The molecule has 1 atom stereocenters. The van der Waals surface area contributed by atoms with Crippen LogP contribution in [0.4, 0.5) is 5.82 Å². The number of hydrogen-bond donors (Lipinski definition) is 1. The van der Waals surface area contributed by atoms with Gasteiger partial charge in [0, 0.05) is 24.8 Å². The topological polar surface area (TPSA) is 127 Å². The molecule has 3 aromatic heterocycles. The lowest BCUT2D eigenvalue weighted by molar-refractivity contribution is -0.683. The molecule has 1 unspecified atom stereocenters. The highest BCUT2D eigenvalue weighted by Gasteiger charge is 2.18. The number of nitrogens with two attached hydrogens (primary N) is 1. The summed E-state index contributed by atoms with van der Waals surface area (Å²) in [7, 11) is -2.89. The number of anilines is 1. The molecular formula is C23H22N4O5P+. The van der Waals surface area contributed by atoms with Gasteiger partial charge in [0.2, 0.25) is 5.88 Å². The predicted octanol–water partition coefficient (Wildman–Crippen LogP) is 2.81. The molecule has 4 aromatic rings. The van der Waals surface area contributed by atoms with Gasteiger partial charge in [-0.05, 0) is 33.9 Å². The van der Waals surface area contributed by atoms with Gasteiger partial charge in [-0.3, -0.25) is 5.73 Å². The lowest BCUT2D eigenvalue weighted by Crippen LogP contribution is -2.39. The molecule has 0 saturated carbocycles. The number of aromatic nitrogens is 3. The van der Waals surface area contributed by atoms with Crippen LogP contribution in [0, 0.1) is 0 Å². The molecule has 0 spiro atoms. The zero-order valence-corrected chi connectivity index (χ0v) is 18.6. The van der Waals surface area contributed by atoms with Gasteiger partial charge in [-0.1, -0.05) is 35.5 Å². The molecule has 10 heteroatoms. The lowest BCUT2D eigenvalue weighted by Gasteiger charge is -2.05. The Labute approximate surface area is 191 Å². The summed E-state index contributed by atoms with van der Waals surface area (Å²) in [6.45, 7) is 0.733. The monoisotopic (exact) mass is 465 g/mol. The van der Waals surface area contributed by atoms with E-state index in [4.69, 9.17) is 15.0 Å². The lowest BCUT2D eigenvalue weighted by atomic mass is 10.1. The molecule has 0 amide bonds. The molecule has 3 heterocycles. The van der Waals surface area contributed by atoms with Crippen LogP contribution in [0.5, 0.6) is 5.88 Å². The van der Waals surface area contributed by atoms with Crippen molar-refractivity contribution < 1.29 is 27.8 Å². The van der Waals surface area contributed by atoms with E-state index in [1.165, 1.54) is 0 Å². The summed E-state index contributed by atoms with van der Waals surface area (Å²) in [5, 5.41) is 4.16. The molecule has 2 N–H and O–H groups in total. The molecular weight excluding hydrogens is 443 g/mol. The molecule has 0 aliphatic carbocycles. The zero-order chi connectivity index (χ0) is 23.0. The number of hydrogen-bond acceptors (Lipinski definition) is 8. The first kappa shape index (κ1) is 22.5. The standard InChI is InChI=1S/C23H21N4O5P/c24-23-20(4-3-11-27(23)12-13-31-33(28)29)21-15-19(26-32-21)14-17-6-8-18(9-7-17)16-30-22-5-1-2-10-25-22/h1-11,15,24H,12-14,16H2/p+1. The van der Waals surface area contributed by atoms with Crippen LogP contribution in [0.3, 0.4) is 0 Å². The third kappa shape index (κ3) is 6.20. The first-order chi connectivity index (χ1) is 16.1. The molecule has 0 bridgehead atoms. The van der Waals surface area contributed by atoms with Crippen LogP contribution >= 0.6 is 8.25 Å². The normalized spacial score (nSPS) is 11.4. The molecule has 0 radical (unpaired) electrons. The average molecular weight is 465 g/mol. The van der Waals surface area contributed by atoms with Crippen molar-refractivity contribution in [3.63, 3.8) is 0 Å². The summed E-state index contributed by atoms with van der Waals surface area (Å²) < 4.78 is 28.0. The Hall–Kier alpha value is -3.65. The van der Waals surface area contributed by atoms with Gasteiger partial charge >= 0.3 is 8.25 Å². The number of benzene rings is 1. The van der Waals surface area contributed by atoms with Crippen LogP contribution in [0.15, 0.2) is 77.6 Å². The highest BCUT2D eigenvalue weighted by Crippen LogP contribution is 2.25. The molecule has 33 heavy (non-hydrogen) atoms. The van der Waals surface area contributed by atoms with E-state index in [0.29, 0.717) is 42.6 Å². The van der Waals surface area contributed by atoms with Crippen LogP contribution in [0.25, 0.3) is 11.3 Å². The fraction of sp³-hybridized carbons (Fsp3) is 0.174. The largest absolute Gasteiger partial charge is 0.566 e. The van der Waals surface area contributed by atoms with Crippen molar-refractivity contribution in [2.45, 2.75) is 19.6 Å². The van der Waals surface area contributed by atoms with Crippen molar-refractivity contribution in [2.75, 3.05) is 12.3 Å². The van der Waals surface area contributed by atoms with Crippen LogP contribution in [0.2, 0.25) is 0 Å². The van der Waals surface area contributed by atoms with E-state index in [2.05, 4.69) is 14.7 Å². The molecule has 1 aromatic carbocycles. The quantitative estimate of drug-likeness (QED) is 0.280. The Morgan fingerprint density at radius 1 is 1.09 bits per heavy atom. The maximum Gasteiger partial charge on any atom is 0.488 e. The highest BCUT2D eigenvalue weighted by atomic mass is 31.1. The van der Waals surface area contributed by atoms with Gasteiger partial charge in [0.15, 0.2) is 5.76 Å². The molecule has 9 nitrogen and oxygen atoms in total. The minimum absolute atomic E-state index is 0.00156. The first-order valence-electron chi connectivity index (χ1n) is 10.2. The Bertz CT molecular complexity index is 1220. The second-order valence-electron chi connectivity index (χ2n) is 7.19. The maximum atomic E-state index is 10.6. The number of nitrogens with zero attached hydrogens (tertiary/aromatic N) is 3. The summed E-state index contributed by atoms with van der Waals surface area (Å²) >= 11 is 0. The number of rotatable bonds is 10. The van der Waals surface area contributed by atoms with E-state index in [1.54, 1.807) is 23.0 Å². The second kappa shape index (κ2) is 10.8. The van der Waals surface area contributed by atoms with E-state index in [1.807, 2.05) is 54.6 Å². The summed E-state index contributed by atoms with van der Waals surface area (Å²) in [4.78, 5) is 14.7. The van der Waals surface area contributed by atoms with Gasteiger partial charge in [0.1, 0.15) is 25.3 Å². The SMILES string of the molecule is Nc1c(-c2cc(Cc3ccc(COc4ccccn4)cc3)no2)ccc[n+]1CCO[P+](=O)[O-]. The maximum absolute atomic E-state index is 10.6. The van der Waals surface area contributed by atoms with Gasteiger partial charge in [-0.15, -0.1) is 4.52 Å². The molecule has 0 aliphatic heterocycles. The minimum atomic E-state index is -2.89. The van der Waals surface area contributed by atoms with Gasteiger partial charge < -0.3 is 14.2 Å². The number of pyridine rings is 2. The average Bonchev–Trinajstić information content (AvgIpc) is 3.28. The van der Waals surface area contributed by atoms with Gasteiger partial charge in [-0.25, -0.2) is 9.55 Å². The summed E-state index contributed by atoms with van der Waals surface area (Å²) in [5.74, 6) is 1.56. The van der Waals surface area contributed by atoms with Crippen LogP contribution in [-0.2, 0) is 28.7 Å². The third-order valence-electron chi connectivity index (χ3n) is 4.90. The molecule has 168 valence electrons. The first-order valence-corrected chi connectivity index (χ1v) is 11.3. The van der Waals surface area contributed by atoms with E-state index in [0.717, 1.165) is 16.8 Å². The van der Waals surface area contributed by atoms with E-state index in [9.17, 15) is 9.46 Å². The Morgan fingerprint density at radius 2 is 1.91 bits per heavy atom. The molecule has 0 fully saturated rings. The van der Waals surface area contributed by atoms with Crippen molar-refractivity contribution in [3.8, 4) is 17.2 Å². The fourth-order valence-corrected chi connectivity index (χ4v) is 3.49. The fourth-order valence-electron chi connectivity index (χ4n) is 3.25. The van der Waals surface area contributed by atoms with Gasteiger partial charge in [0.05, 0.1) is 11.9 Å². The summed E-state index contributed by atoms with van der Waals surface area (Å²) in [6.07, 6.45) is 4.04. The molecule has 4 rings (SSSR count). The van der Waals surface area contributed by atoms with Gasteiger partial charge in [0.25, 0.3) is 5.82 Å². The van der Waals surface area contributed by atoms with Crippen molar-refractivity contribution >= 4 is 14.1 Å². The van der Waals surface area contributed by atoms with Crippen molar-refractivity contribution in [1.82, 2.24) is 10.1 Å². The smallest absolute Gasteiger partial charge is 0.488 e. The van der Waals surface area contributed by atoms with Crippen molar-refractivity contribution in [2.24, 2.45) is 0 Å². The van der Waals surface area contributed by atoms with Crippen LogP contribution in [0.1, 0.15) is 16.8 Å². The van der Waals surface area contributed by atoms with Crippen LogP contribution < -0.4 is 19.9 Å². The Kier molecular flexibility index (Phi) is 7.36. The van der Waals surface area contributed by atoms with Crippen molar-refractivity contribution in [3.05, 3.63) is 89.9 Å². The molecule has 0 saturated heterocycles. The van der Waals surface area contributed by atoms with E-state index in [-0.39, 0.29) is 6.61 Å². The van der Waals surface area contributed by atoms with Crippen molar-refractivity contribution in [1.29, 1.82) is 0 Å². The zero-order valence-electron chi connectivity index (χ0n) is 17.7. The molecule has 0 aliphatic rings. The summed E-state index contributed by atoms with van der Waals surface area (Å²) in [6, 6.07) is 19.1. The predicted molar refractivity (Wildman–Crippen MR) is 118 cm³/mol. The van der Waals surface area contributed by atoms with Crippen LogP contribution in [-0.4, -0.2) is 16.7 Å². The highest BCUT2D eigenvalue weighted by molar-refractivity contribution is 7.30. The van der Waals surface area contributed by atoms with E-state index >= 15 is 0 Å². The van der Waals surface area contributed by atoms with Gasteiger partial charge in [-0.2, -0.15) is 0 Å². The third-order valence-corrected chi connectivity index (χ3v) is 5.29. The Morgan fingerprint density at radius 3 is 2.67 bits per heavy atom. The second-order valence-corrected chi connectivity index (χ2v) is 7.90. The number of ether oxygens (including phenoxy) is 1. The summed E-state index contributed by atoms with van der Waals surface area (Å²) in [5.41, 5.74) is 9.79. The Balaban J connectivity index is 1.38. The van der Waals surface area contributed by atoms with E-state index < -0.39 is 8.25 Å².